The second-order valence-electron chi connectivity index (χ2n) is 5.66. The van der Waals surface area contributed by atoms with Gasteiger partial charge in [-0.3, -0.25) is 4.79 Å². The summed E-state index contributed by atoms with van der Waals surface area (Å²) in [6.07, 6.45) is 3.96. The van der Waals surface area contributed by atoms with E-state index in [0.717, 1.165) is 25.1 Å². The summed E-state index contributed by atoms with van der Waals surface area (Å²) in [6, 6.07) is 4.01. The van der Waals surface area contributed by atoms with Crippen LogP contribution in [0.1, 0.15) is 32.4 Å². The highest BCUT2D eigenvalue weighted by Gasteiger charge is 2.33. The number of aryl methyl sites for hydroxylation is 1. The first-order valence-corrected chi connectivity index (χ1v) is 7.09. The van der Waals surface area contributed by atoms with Crippen molar-refractivity contribution in [1.29, 1.82) is 0 Å². The number of carbonyl (C=O) groups excluding carboxylic acids is 1. The first kappa shape index (κ1) is 14.1. The molecule has 1 aromatic rings. The van der Waals surface area contributed by atoms with Crippen molar-refractivity contribution in [2.75, 3.05) is 6.61 Å². The standard InChI is InChI=1S/C15H24N2O2/c1-11(2)14-13(7-5-9-19-14)15(18)16-10-12-6-4-8-17(12)3/h4,6,8,11,13-14H,5,7,9-10H2,1-3H3,(H,16,18)/t13-,14-/m1/s1. The SMILES string of the molecule is CC(C)[C@H]1OCCC[C@H]1C(=O)NCc1cccn1C. The summed E-state index contributed by atoms with van der Waals surface area (Å²) in [5, 5.41) is 3.04. The topological polar surface area (TPSA) is 43.3 Å². The lowest BCUT2D eigenvalue weighted by molar-refractivity contribution is -0.137. The van der Waals surface area contributed by atoms with E-state index in [1.165, 1.54) is 0 Å². The van der Waals surface area contributed by atoms with E-state index in [9.17, 15) is 4.79 Å². The van der Waals surface area contributed by atoms with Gasteiger partial charge in [0, 0.05) is 25.5 Å². The number of carbonyl (C=O) groups is 1. The Morgan fingerprint density at radius 3 is 3.00 bits per heavy atom. The monoisotopic (exact) mass is 264 g/mol. The Morgan fingerprint density at radius 1 is 1.58 bits per heavy atom. The quantitative estimate of drug-likeness (QED) is 0.905. The average molecular weight is 264 g/mol. The molecular weight excluding hydrogens is 240 g/mol. The number of nitrogens with one attached hydrogen (secondary N) is 1. The minimum absolute atomic E-state index is 0.00554. The van der Waals surface area contributed by atoms with Gasteiger partial charge in [-0.25, -0.2) is 0 Å². The van der Waals surface area contributed by atoms with Gasteiger partial charge >= 0.3 is 0 Å². The van der Waals surface area contributed by atoms with Crippen LogP contribution in [0.5, 0.6) is 0 Å². The Kier molecular flexibility index (Phi) is 4.64. The van der Waals surface area contributed by atoms with Crippen LogP contribution in [-0.2, 0) is 23.1 Å². The molecule has 1 aromatic heterocycles. The average Bonchev–Trinajstić information content (AvgIpc) is 2.81. The molecule has 0 radical (unpaired) electrons. The summed E-state index contributed by atoms with van der Waals surface area (Å²) in [5.74, 6) is 0.500. The second kappa shape index (κ2) is 6.24. The molecule has 1 aliphatic rings. The fourth-order valence-electron chi connectivity index (χ4n) is 2.73. The normalized spacial score (nSPS) is 23.6. The number of hydrogen-bond acceptors (Lipinski definition) is 2. The molecule has 1 saturated heterocycles. The van der Waals surface area contributed by atoms with Crippen LogP contribution in [-0.4, -0.2) is 23.2 Å². The molecule has 2 atom stereocenters. The van der Waals surface area contributed by atoms with E-state index in [1.807, 2.05) is 29.9 Å². The number of ether oxygens (including phenoxy) is 1. The van der Waals surface area contributed by atoms with E-state index in [4.69, 9.17) is 4.74 Å². The highest BCUT2D eigenvalue weighted by molar-refractivity contribution is 5.79. The summed E-state index contributed by atoms with van der Waals surface area (Å²) >= 11 is 0. The van der Waals surface area contributed by atoms with Crippen LogP contribution in [0.2, 0.25) is 0 Å². The van der Waals surface area contributed by atoms with Gasteiger partial charge in [-0.15, -0.1) is 0 Å². The first-order chi connectivity index (χ1) is 9.09. The summed E-state index contributed by atoms with van der Waals surface area (Å²) in [4.78, 5) is 12.3. The lowest BCUT2D eigenvalue weighted by atomic mass is 9.87. The van der Waals surface area contributed by atoms with Crippen LogP contribution < -0.4 is 5.32 Å². The minimum Gasteiger partial charge on any atom is -0.377 e. The van der Waals surface area contributed by atoms with Crippen LogP contribution in [0, 0.1) is 11.8 Å². The Balaban J connectivity index is 1.92. The van der Waals surface area contributed by atoms with Crippen molar-refractivity contribution in [1.82, 2.24) is 9.88 Å². The van der Waals surface area contributed by atoms with Gasteiger partial charge in [0.15, 0.2) is 0 Å². The van der Waals surface area contributed by atoms with Gasteiger partial charge in [0.2, 0.25) is 5.91 Å². The van der Waals surface area contributed by atoms with Gasteiger partial charge in [0.1, 0.15) is 0 Å². The van der Waals surface area contributed by atoms with E-state index in [-0.39, 0.29) is 17.9 Å². The maximum Gasteiger partial charge on any atom is 0.226 e. The Hall–Kier alpha value is -1.29. The molecule has 0 unspecified atom stereocenters. The number of hydrogen-bond donors (Lipinski definition) is 1. The second-order valence-corrected chi connectivity index (χ2v) is 5.66. The lowest BCUT2D eigenvalue weighted by Crippen LogP contribution is -2.43. The third-order valence-electron chi connectivity index (χ3n) is 3.86. The van der Waals surface area contributed by atoms with Crippen LogP contribution in [0.15, 0.2) is 18.3 Å². The molecule has 1 aliphatic heterocycles. The Labute approximate surface area is 115 Å². The maximum atomic E-state index is 12.3. The van der Waals surface area contributed by atoms with Crippen molar-refractivity contribution < 1.29 is 9.53 Å². The van der Waals surface area contributed by atoms with Gasteiger partial charge in [-0.2, -0.15) is 0 Å². The molecule has 4 heteroatoms. The van der Waals surface area contributed by atoms with Crippen LogP contribution in [0.25, 0.3) is 0 Å². The lowest BCUT2D eigenvalue weighted by Gasteiger charge is -2.33. The van der Waals surface area contributed by atoms with E-state index in [0.29, 0.717) is 12.5 Å². The van der Waals surface area contributed by atoms with Crippen molar-refractivity contribution in [3.63, 3.8) is 0 Å². The van der Waals surface area contributed by atoms with E-state index in [2.05, 4.69) is 19.2 Å². The molecule has 19 heavy (non-hydrogen) atoms. The van der Waals surface area contributed by atoms with Gasteiger partial charge in [0.25, 0.3) is 0 Å². The molecule has 0 saturated carbocycles. The highest BCUT2D eigenvalue weighted by Crippen LogP contribution is 2.26. The molecule has 1 amide bonds. The van der Waals surface area contributed by atoms with Crippen molar-refractivity contribution in [3.05, 3.63) is 24.0 Å². The van der Waals surface area contributed by atoms with Crippen LogP contribution in [0.4, 0.5) is 0 Å². The summed E-state index contributed by atoms with van der Waals surface area (Å²) in [7, 11) is 1.99. The maximum absolute atomic E-state index is 12.3. The zero-order valence-corrected chi connectivity index (χ0v) is 12.1. The van der Waals surface area contributed by atoms with Gasteiger partial charge < -0.3 is 14.6 Å². The molecule has 4 nitrogen and oxygen atoms in total. The van der Waals surface area contributed by atoms with Crippen molar-refractivity contribution in [3.8, 4) is 0 Å². The number of nitrogens with zero attached hydrogens (tertiary/aromatic N) is 1. The smallest absolute Gasteiger partial charge is 0.226 e. The molecule has 0 aromatic carbocycles. The summed E-state index contributed by atoms with van der Waals surface area (Å²) in [6.45, 7) is 5.61. The molecule has 2 rings (SSSR count). The summed E-state index contributed by atoms with van der Waals surface area (Å²) in [5.41, 5.74) is 1.12. The van der Waals surface area contributed by atoms with Crippen LogP contribution in [0.3, 0.4) is 0 Å². The third kappa shape index (κ3) is 3.38. The largest absolute Gasteiger partial charge is 0.377 e. The molecule has 1 N–H and O–H groups in total. The molecule has 1 fully saturated rings. The Morgan fingerprint density at radius 2 is 2.37 bits per heavy atom. The molecular formula is C15H24N2O2. The number of amides is 1. The van der Waals surface area contributed by atoms with Crippen molar-refractivity contribution >= 4 is 5.91 Å². The van der Waals surface area contributed by atoms with E-state index in [1.54, 1.807) is 0 Å². The fraction of sp³-hybridized carbons (Fsp3) is 0.667. The zero-order valence-electron chi connectivity index (χ0n) is 12.1. The molecule has 2 heterocycles. The van der Waals surface area contributed by atoms with Crippen molar-refractivity contribution in [2.45, 2.75) is 39.3 Å². The molecule has 0 spiro atoms. The van der Waals surface area contributed by atoms with Crippen LogP contribution >= 0.6 is 0 Å². The number of rotatable bonds is 4. The molecule has 0 bridgehead atoms. The van der Waals surface area contributed by atoms with E-state index >= 15 is 0 Å². The zero-order chi connectivity index (χ0) is 13.8. The van der Waals surface area contributed by atoms with Gasteiger partial charge in [-0.1, -0.05) is 13.8 Å². The Bertz CT molecular complexity index is 426. The number of aromatic nitrogens is 1. The third-order valence-corrected chi connectivity index (χ3v) is 3.86. The predicted octanol–water partition coefficient (Wildman–Crippen LogP) is 2.09. The van der Waals surface area contributed by atoms with Gasteiger partial charge in [-0.05, 0) is 30.9 Å². The molecule has 106 valence electrons. The summed E-state index contributed by atoms with van der Waals surface area (Å²) < 4.78 is 7.79. The highest BCUT2D eigenvalue weighted by atomic mass is 16.5. The first-order valence-electron chi connectivity index (χ1n) is 7.09. The molecule has 0 aliphatic carbocycles. The minimum atomic E-state index is -0.00554. The van der Waals surface area contributed by atoms with E-state index < -0.39 is 0 Å². The van der Waals surface area contributed by atoms with Crippen molar-refractivity contribution in [2.24, 2.45) is 18.9 Å². The fourth-order valence-corrected chi connectivity index (χ4v) is 2.73. The predicted molar refractivity (Wildman–Crippen MR) is 74.6 cm³/mol. The van der Waals surface area contributed by atoms with Gasteiger partial charge in [0.05, 0.1) is 18.6 Å².